The maximum Gasteiger partial charge on any atom is 0.165 e. The van der Waals surface area contributed by atoms with Crippen LogP contribution in [0.3, 0.4) is 0 Å². The summed E-state index contributed by atoms with van der Waals surface area (Å²) < 4.78 is 15.5. The number of anilines is 1. The fraction of sp³-hybridized carbons (Fsp3) is 0.179. The van der Waals surface area contributed by atoms with Crippen LogP contribution in [0.5, 0.6) is 0 Å². The molecule has 3 aromatic heterocycles. The molecule has 188 valence electrons. The highest BCUT2D eigenvalue weighted by atomic mass is 35.5. The Bertz CT molecular complexity index is 1510. The van der Waals surface area contributed by atoms with E-state index >= 15 is 0 Å². The fourth-order valence-corrected chi connectivity index (χ4v) is 4.65. The number of fused-ring (bicyclic) bond motifs is 1. The highest BCUT2D eigenvalue weighted by Gasteiger charge is 2.19. The van der Waals surface area contributed by atoms with Crippen LogP contribution in [0, 0.1) is 5.82 Å². The second kappa shape index (κ2) is 10.6. The molecule has 0 unspecified atom stereocenters. The van der Waals surface area contributed by atoms with Crippen molar-refractivity contribution in [2.45, 2.75) is 6.54 Å². The summed E-state index contributed by atoms with van der Waals surface area (Å²) in [6, 6.07) is 22.5. The second-order valence-corrected chi connectivity index (χ2v) is 8.95. The van der Waals surface area contributed by atoms with Gasteiger partial charge in [-0.1, -0.05) is 12.1 Å². The van der Waals surface area contributed by atoms with E-state index in [9.17, 15) is 4.39 Å². The maximum absolute atomic E-state index is 13.5. The highest BCUT2D eigenvalue weighted by molar-refractivity contribution is 5.85. The van der Waals surface area contributed by atoms with Crippen LogP contribution in [0.15, 0.2) is 79.0 Å². The smallest absolute Gasteiger partial charge is 0.165 e. The summed E-state index contributed by atoms with van der Waals surface area (Å²) >= 11 is 0. The highest BCUT2D eigenvalue weighted by Crippen LogP contribution is 2.31. The zero-order chi connectivity index (χ0) is 24.5. The van der Waals surface area contributed by atoms with Crippen LogP contribution < -0.4 is 11.1 Å². The first-order chi connectivity index (χ1) is 17.7. The second-order valence-electron chi connectivity index (χ2n) is 8.95. The van der Waals surface area contributed by atoms with Crippen LogP contribution in [0.1, 0.15) is 5.56 Å². The number of rotatable bonds is 5. The molecule has 0 bridgehead atoms. The molecule has 3 N–H and O–H groups in total. The molecular weight excluding hydrogens is 489 g/mol. The number of halogens is 2. The monoisotopic (exact) mass is 515 g/mol. The van der Waals surface area contributed by atoms with Crippen molar-refractivity contribution in [2.24, 2.45) is 0 Å². The van der Waals surface area contributed by atoms with Gasteiger partial charge in [0.25, 0.3) is 0 Å². The zero-order valence-electron chi connectivity index (χ0n) is 20.1. The lowest BCUT2D eigenvalue weighted by Gasteiger charge is -2.27. The topological polar surface area (TPSA) is 84.9 Å². The fourth-order valence-electron chi connectivity index (χ4n) is 4.65. The lowest BCUT2D eigenvalue weighted by atomic mass is 10.1. The van der Waals surface area contributed by atoms with E-state index in [1.54, 1.807) is 18.3 Å². The summed E-state index contributed by atoms with van der Waals surface area (Å²) in [5.74, 6) is 0.803. The molecule has 0 amide bonds. The average Bonchev–Trinajstić information content (AvgIpc) is 3.29. The lowest BCUT2D eigenvalue weighted by molar-refractivity contribution is 0.233. The molecule has 2 aromatic carbocycles. The molecule has 1 saturated heterocycles. The van der Waals surface area contributed by atoms with Gasteiger partial charge < -0.3 is 11.1 Å². The average molecular weight is 516 g/mol. The van der Waals surface area contributed by atoms with Crippen LogP contribution in [0.4, 0.5) is 10.2 Å². The molecule has 0 spiro atoms. The van der Waals surface area contributed by atoms with Crippen molar-refractivity contribution in [1.29, 1.82) is 0 Å². The van der Waals surface area contributed by atoms with Gasteiger partial charge in [-0.25, -0.2) is 19.3 Å². The number of nitrogens with zero attached hydrogens (tertiary/aromatic N) is 5. The first kappa shape index (κ1) is 24.8. The minimum Gasteiger partial charge on any atom is -0.383 e. The van der Waals surface area contributed by atoms with Gasteiger partial charge in [0, 0.05) is 50.2 Å². The van der Waals surface area contributed by atoms with Crippen LogP contribution in [-0.2, 0) is 6.54 Å². The summed E-state index contributed by atoms with van der Waals surface area (Å²) in [6.07, 6.45) is 1.67. The molecule has 0 atom stereocenters. The summed E-state index contributed by atoms with van der Waals surface area (Å²) in [7, 11) is 0. The maximum atomic E-state index is 13.5. The molecule has 1 aliphatic rings. The Morgan fingerprint density at radius 1 is 0.892 bits per heavy atom. The first-order valence-corrected chi connectivity index (χ1v) is 12.0. The number of nitrogens with two attached hydrogens (primary N) is 1. The van der Waals surface area contributed by atoms with Gasteiger partial charge in [-0.3, -0.25) is 9.47 Å². The SMILES string of the molecule is Cl.Nc1ncccc1-c1nc2ccc(-c3ccc(F)cc3)nc2n1-c1ccc(CN2CCNCC2)cc1. The lowest BCUT2D eigenvalue weighted by Crippen LogP contribution is -2.42. The van der Waals surface area contributed by atoms with Crippen LogP contribution in [0.2, 0.25) is 0 Å². The van der Waals surface area contributed by atoms with Crippen molar-refractivity contribution in [2.75, 3.05) is 31.9 Å². The predicted molar refractivity (Wildman–Crippen MR) is 147 cm³/mol. The third-order valence-electron chi connectivity index (χ3n) is 6.53. The third kappa shape index (κ3) is 5.04. The van der Waals surface area contributed by atoms with Gasteiger partial charge in [0.15, 0.2) is 11.5 Å². The van der Waals surface area contributed by atoms with E-state index < -0.39 is 0 Å². The minimum atomic E-state index is -0.278. The van der Waals surface area contributed by atoms with E-state index in [1.165, 1.54) is 17.7 Å². The van der Waals surface area contributed by atoms with Crippen molar-refractivity contribution in [3.63, 3.8) is 0 Å². The molecule has 37 heavy (non-hydrogen) atoms. The molecule has 6 rings (SSSR count). The summed E-state index contributed by atoms with van der Waals surface area (Å²) in [5.41, 5.74) is 12.2. The van der Waals surface area contributed by atoms with Gasteiger partial charge in [0.05, 0.1) is 11.3 Å². The number of benzene rings is 2. The van der Waals surface area contributed by atoms with Crippen molar-refractivity contribution >= 4 is 29.4 Å². The third-order valence-corrected chi connectivity index (χ3v) is 6.53. The number of nitrogen functional groups attached to an aromatic ring is 1. The van der Waals surface area contributed by atoms with Crippen molar-refractivity contribution in [3.8, 4) is 28.3 Å². The standard InChI is InChI=1S/C28H26FN7.ClH/c29-21-7-5-20(6-8-21)24-11-12-25-28(33-24)36(27(34-25)23-2-1-13-32-26(23)30)22-9-3-19(4-10-22)18-35-16-14-31-15-17-35;/h1-13,31H,14-18H2,(H2,30,32);1H. The number of hydrogen-bond donors (Lipinski definition) is 2. The largest absolute Gasteiger partial charge is 0.383 e. The van der Waals surface area contributed by atoms with Crippen LogP contribution in [-0.4, -0.2) is 50.6 Å². The van der Waals surface area contributed by atoms with Gasteiger partial charge in [-0.05, 0) is 66.2 Å². The van der Waals surface area contributed by atoms with Gasteiger partial charge in [-0.15, -0.1) is 12.4 Å². The summed E-state index contributed by atoms with van der Waals surface area (Å²) in [6.45, 7) is 5.07. The Hall–Kier alpha value is -3.85. The molecular formula is C28H27ClFN7. The van der Waals surface area contributed by atoms with E-state index in [0.29, 0.717) is 17.3 Å². The molecule has 0 saturated carbocycles. The van der Waals surface area contributed by atoms with Crippen molar-refractivity contribution in [3.05, 3.63) is 90.4 Å². The summed E-state index contributed by atoms with van der Waals surface area (Å²) in [4.78, 5) is 16.6. The number of pyridine rings is 2. The number of nitrogens with one attached hydrogen (secondary N) is 1. The zero-order valence-corrected chi connectivity index (χ0v) is 21.0. The molecule has 0 radical (unpaired) electrons. The molecule has 7 nitrogen and oxygen atoms in total. The molecule has 1 aliphatic heterocycles. The van der Waals surface area contributed by atoms with Gasteiger partial charge >= 0.3 is 0 Å². The Labute approximate surface area is 220 Å². The Morgan fingerprint density at radius 2 is 1.65 bits per heavy atom. The Morgan fingerprint density at radius 3 is 2.38 bits per heavy atom. The Balaban J connectivity index is 0.00000280. The van der Waals surface area contributed by atoms with E-state index in [2.05, 4.69) is 39.5 Å². The van der Waals surface area contributed by atoms with E-state index in [-0.39, 0.29) is 18.2 Å². The van der Waals surface area contributed by atoms with Crippen LogP contribution >= 0.6 is 12.4 Å². The molecule has 0 aliphatic carbocycles. The van der Waals surface area contributed by atoms with E-state index in [1.807, 2.05) is 28.8 Å². The first-order valence-electron chi connectivity index (χ1n) is 12.0. The normalized spacial score (nSPS) is 14.0. The predicted octanol–water partition coefficient (Wildman–Crippen LogP) is 4.70. The summed E-state index contributed by atoms with van der Waals surface area (Å²) in [5, 5.41) is 3.40. The number of piperazine rings is 1. The van der Waals surface area contributed by atoms with E-state index in [4.69, 9.17) is 15.7 Å². The van der Waals surface area contributed by atoms with Gasteiger partial charge in [0.2, 0.25) is 0 Å². The van der Waals surface area contributed by atoms with Gasteiger partial charge in [-0.2, -0.15) is 0 Å². The molecule has 9 heteroatoms. The van der Waals surface area contributed by atoms with Crippen molar-refractivity contribution in [1.82, 2.24) is 29.7 Å². The molecule has 4 heterocycles. The molecule has 1 fully saturated rings. The van der Waals surface area contributed by atoms with Gasteiger partial charge in [0.1, 0.15) is 17.2 Å². The Kier molecular flexibility index (Phi) is 7.14. The number of hydrogen-bond acceptors (Lipinski definition) is 6. The van der Waals surface area contributed by atoms with Crippen molar-refractivity contribution < 1.29 is 4.39 Å². The number of aromatic nitrogens is 4. The quantitative estimate of drug-likeness (QED) is 0.353. The van der Waals surface area contributed by atoms with Crippen LogP contribution in [0.25, 0.3) is 39.5 Å². The van der Waals surface area contributed by atoms with E-state index in [0.717, 1.165) is 60.7 Å². The molecule has 5 aromatic rings. The number of imidazole rings is 1. The minimum absolute atomic E-state index is 0.